The van der Waals surface area contributed by atoms with E-state index in [0.29, 0.717) is 41.5 Å². The van der Waals surface area contributed by atoms with Crippen LogP contribution >= 0.6 is 23.2 Å². The van der Waals surface area contributed by atoms with E-state index in [2.05, 4.69) is 20.9 Å². The van der Waals surface area contributed by atoms with Gasteiger partial charge in [0.1, 0.15) is 6.04 Å². The number of carbonyl (C=O) groups excluding carboxylic acids is 3. The molecule has 2 fully saturated rings. The Kier molecular flexibility index (Phi) is 12.9. The molecule has 2 saturated carbocycles. The molecule has 0 saturated heterocycles. The van der Waals surface area contributed by atoms with Gasteiger partial charge in [-0.25, -0.2) is 9.59 Å². The van der Waals surface area contributed by atoms with E-state index >= 15 is 0 Å². The van der Waals surface area contributed by atoms with Crippen molar-refractivity contribution in [1.29, 1.82) is 0 Å². The largest absolute Gasteiger partial charge is 0.480 e. The maximum atomic E-state index is 14.0. The molecule has 5 rings (SSSR count). The van der Waals surface area contributed by atoms with E-state index in [1.54, 1.807) is 53.4 Å². The number of para-hydroxylation sites is 1. The molecule has 3 aromatic rings. The van der Waals surface area contributed by atoms with Gasteiger partial charge < -0.3 is 21.1 Å². The summed E-state index contributed by atoms with van der Waals surface area (Å²) in [5.74, 6) is -1.25. The van der Waals surface area contributed by atoms with Crippen molar-refractivity contribution in [2.24, 2.45) is 11.8 Å². The summed E-state index contributed by atoms with van der Waals surface area (Å²) in [5.41, 5.74) is 2.03. The number of aromatic nitrogens is 1. The van der Waals surface area contributed by atoms with Crippen molar-refractivity contribution in [3.8, 4) is 0 Å². The number of carboxylic acid groups (broad SMARTS) is 1. The van der Waals surface area contributed by atoms with E-state index in [9.17, 15) is 24.3 Å². The van der Waals surface area contributed by atoms with Crippen molar-refractivity contribution >= 4 is 58.4 Å². The number of halogens is 2. The Morgan fingerprint density at radius 2 is 1.43 bits per heavy atom. The SMILES string of the molecule is O=C(NCC1CCCCC1)c1ccccc1N(CC1CCCCC1)C(=O)NC(Cc1ccc(NC(=O)c2c(Cl)cncc2Cl)cc1)C(=O)O. The summed E-state index contributed by atoms with van der Waals surface area (Å²) in [7, 11) is 0. The molecule has 0 aliphatic heterocycles. The maximum absolute atomic E-state index is 14.0. The first kappa shape index (κ1) is 36.1. The van der Waals surface area contributed by atoms with Crippen LogP contribution < -0.4 is 20.9 Å². The number of rotatable bonds is 12. The van der Waals surface area contributed by atoms with Gasteiger partial charge in [0, 0.05) is 37.6 Å². The lowest BCUT2D eigenvalue weighted by Gasteiger charge is -2.32. The zero-order chi connectivity index (χ0) is 34.8. The van der Waals surface area contributed by atoms with Crippen molar-refractivity contribution in [2.75, 3.05) is 23.3 Å². The number of pyridine rings is 1. The fraction of sp³-hybridized carbons (Fsp3) is 0.432. The van der Waals surface area contributed by atoms with Crippen molar-refractivity contribution in [2.45, 2.75) is 76.7 Å². The molecule has 0 spiro atoms. The molecule has 4 amide bonds. The van der Waals surface area contributed by atoms with Crippen molar-refractivity contribution in [3.63, 3.8) is 0 Å². The second kappa shape index (κ2) is 17.5. The van der Waals surface area contributed by atoms with Crippen LogP contribution in [0.3, 0.4) is 0 Å². The summed E-state index contributed by atoms with van der Waals surface area (Å²) in [6.07, 6.45) is 13.7. The molecule has 2 aliphatic carbocycles. The van der Waals surface area contributed by atoms with E-state index in [-0.39, 0.29) is 33.9 Å². The van der Waals surface area contributed by atoms with Crippen molar-refractivity contribution < 1.29 is 24.3 Å². The highest BCUT2D eigenvalue weighted by atomic mass is 35.5. The van der Waals surface area contributed by atoms with E-state index in [1.165, 1.54) is 31.7 Å². The molecule has 1 atom stereocenters. The van der Waals surface area contributed by atoms with Gasteiger partial charge in [-0.3, -0.25) is 19.5 Å². The number of nitrogens with zero attached hydrogens (tertiary/aromatic N) is 2. The Labute approximate surface area is 297 Å². The molecule has 2 aliphatic rings. The number of nitrogens with one attached hydrogen (secondary N) is 3. The number of carbonyl (C=O) groups is 4. The first-order valence-electron chi connectivity index (χ1n) is 17.1. The van der Waals surface area contributed by atoms with Gasteiger partial charge in [0.25, 0.3) is 11.8 Å². The standard InChI is InChI=1S/C37H43Cl2N5O5/c38-29-21-40-22-30(39)33(29)35(46)42-27-17-15-24(16-18-27)19-31(36(47)48)43-37(49)44(23-26-11-5-2-6-12-26)32-14-8-7-13-28(32)34(45)41-20-25-9-3-1-4-10-25/h7-8,13-18,21-22,25-26,31H,1-6,9-12,19-20,23H2,(H,41,45)(H,42,46)(H,43,49)(H,47,48). The summed E-state index contributed by atoms with van der Waals surface area (Å²) < 4.78 is 0. The number of urea groups is 1. The van der Waals surface area contributed by atoms with Gasteiger partial charge >= 0.3 is 12.0 Å². The normalized spacial score (nSPS) is 16.0. The minimum Gasteiger partial charge on any atom is -0.480 e. The molecule has 12 heteroatoms. The quantitative estimate of drug-likeness (QED) is 0.152. The van der Waals surface area contributed by atoms with Gasteiger partial charge in [0.2, 0.25) is 0 Å². The monoisotopic (exact) mass is 707 g/mol. The second-order valence-electron chi connectivity index (χ2n) is 13.0. The van der Waals surface area contributed by atoms with E-state index in [0.717, 1.165) is 44.9 Å². The van der Waals surface area contributed by atoms with Gasteiger partial charge in [-0.05, 0) is 67.3 Å². The highest BCUT2D eigenvalue weighted by molar-refractivity contribution is 6.40. The second-order valence-corrected chi connectivity index (χ2v) is 13.8. The number of hydrogen-bond acceptors (Lipinski definition) is 5. The lowest BCUT2D eigenvalue weighted by Crippen LogP contribution is -2.51. The molecule has 4 N–H and O–H groups in total. The van der Waals surface area contributed by atoms with Gasteiger partial charge in [-0.2, -0.15) is 0 Å². The first-order valence-corrected chi connectivity index (χ1v) is 17.8. The Hall–Kier alpha value is -4.15. The third-order valence-corrected chi connectivity index (χ3v) is 10.0. The molecule has 1 unspecified atom stereocenters. The fourth-order valence-electron chi connectivity index (χ4n) is 6.75. The smallest absolute Gasteiger partial charge is 0.326 e. The molecule has 2 aromatic carbocycles. The van der Waals surface area contributed by atoms with Crippen LogP contribution in [0.1, 0.15) is 90.5 Å². The first-order chi connectivity index (χ1) is 23.7. The Morgan fingerprint density at radius 1 is 0.816 bits per heavy atom. The lowest BCUT2D eigenvalue weighted by atomic mass is 9.88. The molecular formula is C37H43Cl2N5O5. The van der Waals surface area contributed by atoms with Crippen LogP contribution in [0.4, 0.5) is 16.2 Å². The highest BCUT2D eigenvalue weighted by Gasteiger charge is 2.29. The third kappa shape index (κ3) is 9.95. The lowest BCUT2D eigenvalue weighted by molar-refractivity contribution is -0.139. The van der Waals surface area contributed by atoms with Crippen molar-refractivity contribution in [3.05, 3.63) is 87.7 Å². The summed E-state index contributed by atoms with van der Waals surface area (Å²) >= 11 is 12.2. The predicted octanol–water partition coefficient (Wildman–Crippen LogP) is 7.74. The number of anilines is 2. The Bertz CT molecular complexity index is 1600. The van der Waals surface area contributed by atoms with Crippen LogP contribution in [0.25, 0.3) is 0 Å². The van der Waals surface area contributed by atoms with Crippen LogP contribution in [0.15, 0.2) is 60.9 Å². The molecular weight excluding hydrogens is 665 g/mol. The van der Waals surface area contributed by atoms with E-state index < -0.39 is 23.9 Å². The van der Waals surface area contributed by atoms with E-state index in [4.69, 9.17) is 23.2 Å². The molecule has 0 radical (unpaired) electrons. The summed E-state index contributed by atoms with van der Waals surface area (Å²) in [6.45, 7) is 0.974. The number of aliphatic carboxylic acids is 1. The topological polar surface area (TPSA) is 141 Å². The van der Waals surface area contributed by atoms with Crippen LogP contribution in [-0.2, 0) is 11.2 Å². The minimum absolute atomic E-state index is 0.00188. The molecule has 10 nitrogen and oxygen atoms in total. The summed E-state index contributed by atoms with van der Waals surface area (Å²) in [4.78, 5) is 58.1. The molecule has 260 valence electrons. The molecule has 49 heavy (non-hydrogen) atoms. The van der Waals surface area contributed by atoms with Gasteiger partial charge in [-0.15, -0.1) is 0 Å². The Morgan fingerprint density at radius 3 is 2.06 bits per heavy atom. The van der Waals surface area contributed by atoms with Crippen LogP contribution in [-0.4, -0.2) is 53.0 Å². The average molecular weight is 709 g/mol. The molecule has 1 aromatic heterocycles. The zero-order valence-electron chi connectivity index (χ0n) is 27.4. The van der Waals surface area contributed by atoms with E-state index in [1.807, 2.05) is 0 Å². The van der Waals surface area contributed by atoms with Gasteiger partial charge in [0.15, 0.2) is 0 Å². The van der Waals surface area contributed by atoms with Gasteiger partial charge in [0.05, 0.1) is 26.9 Å². The number of amides is 4. The predicted molar refractivity (Wildman–Crippen MR) is 192 cm³/mol. The van der Waals surface area contributed by atoms with Gasteiger partial charge in [-0.1, -0.05) is 86.0 Å². The number of hydrogen-bond donors (Lipinski definition) is 4. The van der Waals surface area contributed by atoms with Crippen LogP contribution in [0.2, 0.25) is 10.0 Å². The molecule has 0 bridgehead atoms. The Balaban J connectivity index is 1.30. The van der Waals surface area contributed by atoms with Crippen LogP contribution in [0, 0.1) is 11.8 Å². The number of benzene rings is 2. The third-order valence-electron chi connectivity index (χ3n) is 9.45. The summed E-state index contributed by atoms with van der Waals surface area (Å²) in [6, 6.07) is 11.9. The maximum Gasteiger partial charge on any atom is 0.326 e. The average Bonchev–Trinajstić information content (AvgIpc) is 3.11. The summed E-state index contributed by atoms with van der Waals surface area (Å²) in [5, 5.41) is 18.9. The highest BCUT2D eigenvalue weighted by Crippen LogP contribution is 2.29. The fourth-order valence-corrected chi connectivity index (χ4v) is 7.29. The minimum atomic E-state index is -1.25. The van der Waals surface area contributed by atoms with Crippen LogP contribution in [0.5, 0.6) is 0 Å². The zero-order valence-corrected chi connectivity index (χ0v) is 28.9. The van der Waals surface area contributed by atoms with Crippen molar-refractivity contribution in [1.82, 2.24) is 15.6 Å². The molecule has 1 heterocycles. The number of carboxylic acids is 1.